The van der Waals surface area contributed by atoms with Crippen molar-refractivity contribution in [2.75, 3.05) is 0 Å². The Morgan fingerprint density at radius 2 is 2.35 bits per heavy atom. The quantitative estimate of drug-likeness (QED) is 0.811. The van der Waals surface area contributed by atoms with Crippen LogP contribution in [0.1, 0.15) is 5.56 Å². The second-order valence-electron chi connectivity index (χ2n) is 3.25. The number of aliphatic carboxylic acids is 1. The maximum atomic E-state index is 10.6. The van der Waals surface area contributed by atoms with Gasteiger partial charge in [0.25, 0.3) is 0 Å². The molecule has 0 saturated heterocycles. The number of hydrogen-bond acceptors (Lipinski definition) is 5. The van der Waals surface area contributed by atoms with Gasteiger partial charge in [-0.3, -0.25) is 4.79 Å². The third-order valence-electron chi connectivity index (χ3n) is 2.07. The zero-order valence-corrected chi connectivity index (χ0v) is 8.61. The third kappa shape index (κ3) is 2.26. The van der Waals surface area contributed by atoms with Crippen LogP contribution in [0, 0.1) is 11.3 Å². The summed E-state index contributed by atoms with van der Waals surface area (Å²) < 4.78 is 1.17. The minimum absolute atomic E-state index is 0.320. The highest BCUT2D eigenvalue weighted by molar-refractivity contribution is 5.68. The topological polar surface area (TPSA) is 105 Å². The van der Waals surface area contributed by atoms with Crippen LogP contribution in [0.5, 0.6) is 0 Å². The van der Waals surface area contributed by atoms with Crippen LogP contribution in [0.2, 0.25) is 0 Å². The van der Waals surface area contributed by atoms with Gasteiger partial charge in [0, 0.05) is 5.56 Å². The summed E-state index contributed by atoms with van der Waals surface area (Å²) >= 11 is 0. The number of carboxylic acids is 1. The number of aromatic nitrogens is 4. The van der Waals surface area contributed by atoms with Crippen molar-refractivity contribution in [1.82, 2.24) is 20.2 Å². The molecule has 1 aromatic heterocycles. The number of tetrazole rings is 1. The third-order valence-corrected chi connectivity index (χ3v) is 2.07. The van der Waals surface area contributed by atoms with Gasteiger partial charge in [0.2, 0.25) is 0 Å². The van der Waals surface area contributed by atoms with Gasteiger partial charge in [0.05, 0.1) is 11.6 Å². The largest absolute Gasteiger partial charge is 0.480 e. The van der Waals surface area contributed by atoms with Crippen molar-refractivity contribution in [1.29, 1.82) is 5.26 Å². The van der Waals surface area contributed by atoms with Crippen molar-refractivity contribution < 1.29 is 9.90 Å². The summed E-state index contributed by atoms with van der Waals surface area (Å²) in [6.07, 6.45) is 0. The first-order chi connectivity index (χ1) is 8.20. The highest BCUT2D eigenvalue weighted by Gasteiger charge is 2.11. The molecule has 0 spiro atoms. The van der Waals surface area contributed by atoms with Crippen molar-refractivity contribution in [3.8, 4) is 17.5 Å². The van der Waals surface area contributed by atoms with E-state index < -0.39 is 5.97 Å². The number of benzene rings is 1. The van der Waals surface area contributed by atoms with Crippen LogP contribution in [0.3, 0.4) is 0 Å². The maximum Gasteiger partial charge on any atom is 0.325 e. The van der Waals surface area contributed by atoms with Crippen LogP contribution in [-0.2, 0) is 11.3 Å². The zero-order chi connectivity index (χ0) is 12.3. The Kier molecular flexibility index (Phi) is 2.79. The number of nitriles is 1. The van der Waals surface area contributed by atoms with Crippen LogP contribution in [0.25, 0.3) is 11.4 Å². The highest BCUT2D eigenvalue weighted by Crippen LogP contribution is 2.16. The van der Waals surface area contributed by atoms with Gasteiger partial charge in [-0.15, -0.1) is 5.10 Å². The van der Waals surface area contributed by atoms with E-state index in [0.717, 1.165) is 0 Å². The van der Waals surface area contributed by atoms with E-state index in [1.807, 2.05) is 6.07 Å². The lowest BCUT2D eigenvalue weighted by molar-refractivity contribution is -0.137. The van der Waals surface area contributed by atoms with Gasteiger partial charge in [0.15, 0.2) is 5.82 Å². The second-order valence-corrected chi connectivity index (χ2v) is 3.25. The number of carboxylic acid groups (broad SMARTS) is 1. The van der Waals surface area contributed by atoms with Crippen molar-refractivity contribution in [3.05, 3.63) is 29.8 Å². The molecule has 0 unspecified atom stereocenters. The fourth-order valence-electron chi connectivity index (χ4n) is 1.37. The van der Waals surface area contributed by atoms with E-state index in [1.165, 1.54) is 4.68 Å². The van der Waals surface area contributed by atoms with E-state index in [2.05, 4.69) is 15.5 Å². The fraction of sp³-hybridized carbons (Fsp3) is 0.100. The standard InChI is InChI=1S/C10H7N5O2/c11-5-7-2-1-3-8(4-7)10-12-13-14-15(10)6-9(16)17/h1-4H,6H2,(H,16,17). The Labute approximate surface area is 95.9 Å². The molecule has 7 heteroatoms. The van der Waals surface area contributed by atoms with Crippen LogP contribution < -0.4 is 0 Å². The lowest BCUT2D eigenvalue weighted by atomic mass is 10.1. The molecule has 17 heavy (non-hydrogen) atoms. The summed E-state index contributed by atoms with van der Waals surface area (Å²) in [5.74, 6) is -0.709. The minimum Gasteiger partial charge on any atom is -0.480 e. The lowest BCUT2D eigenvalue weighted by Crippen LogP contribution is -2.11. The molecule has 0 aliphatic rings. The van der Waals surface area contributed by atoms with E-state index >= 15 is 0 Å². The summed E-state index contributed by atoms with van der Waals surface area (Å²) in [7, 11) is 0. The minimum atomic E-state index is -1.03. The first kappa shape index (κ1) is 10.8. The van der Waals surface area contributed by atoms with E-state index in [0.29, 0.717) is 17.0 Å². The molecule has 0 radical (unpaired) electrons. The molecule has 2 rings (SSSR count). The number of hydrogen-bond donors (Lipinski definition) is 1. The SMILES string of the molecule is N#Cc1cccc(-c2nnnn2CC(=O)O)c1. The predicted octanol–water partition coefficient (Wildman–Crippen LogP) is 0.296. The van der Waals surface area contributed by atoms with Gasteiger partial charge in [-0.25, -0.2) is 4.68 Å². The molecule has 0 atom stereocenters. The smallest absolute Gasteiger partial charge is 0.325 e. The molecule has 1 N–H and O–H groups in total. The van der Waals surface area contributed by atoms with E-state index in [1.54, 1.807) is 24.3 Å². The van der Waals surface area contributed by atoms with Gasteiger partial charge >= 0.3 is 5.97 Å². The molecule has 0 bridgehead atoms. The Hall–Kier alpha value is -2.75. The second kappa shape index (κ2) is 4.40. The molecule has 84 valence electrons. The van der Waals surface area contributed by atoms with Crippen molar-refractivity contribution >= 4 is 5.97 Å². The molecule has 0 aliphatic heterocycles. The number of carbonyl (C=O) groups is 1. The van der Waals surface area contributed by atoms with Crippen molar-refractivity contribution in [2.45, 2.75) is 6.54 Å². The lowest BCUT2D eigenvalue weighted by Gasteiger charge is -2.01. The maximum absolute atomic E-state index is 10.6. The summed E-state index contributed by atoms with van der Waals surface area (Å²) in [5, 5.41) is 28.2. The number of nitrogens with zero attached hydrogens (tertiary/aromatic N) is 5. The van der Waals surface area contributed by atoms with Gasteiger partial charge in [-0.05, 0) is 22.6 Å². The monoisotopic (exact) mass is 229 g/mol. The summed E-state index contributed by atoms with van der Waals surface area (Å²) in [5.41, 5.74) is 1.07. The molecule has 1 aromatic carbocycles. The average molecular weight is 229 g/mol. The molecule has 2 aromatic rings. The molecule has 0 aliphatic carbocycles. The Morgan fingerprint density at radius 3 is 3.06 bits per heavy atom. The Morgan fingerprint density at radius 1 is 1.53 bits per heavy atom. The summed E-state index contributed by atoms with van der Waals surface area (Å²) in [6.45, 7) is -0.320. The molecule has 0 fully saturated rings. The van der Waals surface area contributed by atoms with E-state index in [4.69, 9.17) is 10.4 Å². The van der Waals surface area contributed by atoms with Gasteiger partial charge < -0.3 is 5.11 Å². The first-order valence-corrected chi connectivity index (χ1v) is 4.69. The van der Waals surface area contributed by atoms with Crippen molar-refractivity contribution in [3.63, 3.8) is 0 Å². The van der Waals surface area contributed by atoms with Crippen molar-refractivity contribution in [2.24, 2.45) is 0 Å². The predicted molar refractivity (Wildman–Crippen MR) is 55.6 cm³/mol. The van der Waals surface area contributed by atoms with Gasteiger partial charge in [0.1, 0.15) is 6.54 Å². The first-order valence-electron chi connectivity index (χ1n) is 4.69. The normalized spacial score (nSPS) is 9.82. The van der Waals surface area contributed by atoms with E-state index in [-0.39, 0.29) is 6.54 Å². The Bertz CT molecular complexity index is 599. The fourth-order valence-corrected chi connectivity index (χ4v) is 1.37. The molecule has 0 amide bonds. The Balaban J connectivity index is 2.43. The molecule has 7 nitrogen and oxygen atoms in total. The molecule has 1 heterocycles. The zero-order valence-electron chi connectivity index (χ0n) is 8.61. The average Bonchev–Trinajstić information content (AvgIpc) is 2.76. The molecular formula is C10H7N5O2. The van der Waals surface area contributed by atoms with E-state index in [9.17, 15) is 4.79 Å². The van der Waals surface area contributed by atoms with Crippen LogP contribution in [-0.4, -0.2) is 31.3 Å². The van der Waals surface area contributed by atoms with Crippen LogP contribution in [0.4, 0.5) is 0 Å². The number of rotatable bonds is 3. The molecule has 0 saturated carbocycles. The van der Waals surface area contributed by atoms with Crippen LogP contribution in [0.15, 0.2) is 24.3 Å². The highest BCUT2D eigenvalue weighted by atomic mass is 16.4. The van der Waals surface area contributed by atoms with Gasteiger partial charge in [-0.2, -0.15) is 5.26 Å². The molecular weight excluding hydrogens is 222 g/mol. The summed E-state index contributed by atoms with van der Waals surface area (Å²) in [6, 6.07) is 8.65. The van der Waals surface area contributed by atoms with Crippen LogP contribution >= 0.6 is 0 Å². The van der Waals surface area contributed by atoms with Gasteiger partial charge in [-0.1, -0.05) is 12.1 Å². The summed E-state index contributed by atoms with van der Waals surface area (Å²) in [4.78, 5) is 10.6.